The summed E-state index contributed by atoms with van der Waals surface area (Å²) in [5.41, 5.74) is 1.60. The molecule has 7 heteroatoms. The van der Waals surface area contributed by atoms with Gasteiger partial charge in [0.25, 0.3) is 0 Å². The summed E-state index contributed by atoms with van der Waals surface area (Å²) in [6, 6.07) is 15.4. The molecule has 4 nitrogen and oxygen atoms in total. The van der Waals surface area contributed by atoms with Crippen molar-refractivity contribution in [2.45, 2.75) is 9.79 Å². The Labute approximate surface area is 146 Å². The molecule has 2 aromatic rings. The first kappa shape index (κ1) is 16.3. The van der Waals surface area contributed by atoms with Crippen molar-refractivity contribution in [2.75, 3.05) is 22.1 Å². The van der Waals surface area contributed by atoms with Crippen LogP contribution >= 0.6 is 33.3 Å². The van der Waals surface area contributed by atoms with Gasteiger partial charge in [-0.25, -0.2) is 0 Å². The highest BCUT2D eigenvalue weighted by atomic mass is 33.1. The molecule has 1 aliphatic heterocycles. The summed E-state index contributed by atoms with van der Waals surface area (Å²) in [4.78, 5) is 26.0. The molecular weight excluding hydrogens is 348 g/mol. The zero-order valence-electron chi connectivity index (χ0n) is 12.1. The van der Waals surface area contributed by atoms with Gasteiger partial charge < -0.3 is 10.6 Å². The SMILES string of the molecule is O=C1CSCC(=O)Nc2ccccc2SSc2ccccc2N1. The molecule has 23 heavy (non-hydrogen) atoms. The van der Waals surface area contributed by atoms with Gasteiger partial charge in [0.1, 0.15) is 0 Å². The van der Waals surface area contributed by atoms with Crippen molar-refractivity contribution in [1.82, 2.24) is 0 Å². The Hall–Kier alpha value is -1.57. The van der Waals surface area contributed by atoms with Gasteiger partial charge in [0.05, 0.1) is 22.9 Å². The Morgan fingerprint density at radius 1 is 0.696 bits per heavy atom. The molecule has 0 saturated carbocycles. The first-order chi connectivity index (χ1) is 11.2. The van der Waals surface area contributed by atoms with Gasteiger partial charge in [0.2, 0.25) is 11.8 Å². The van der Waals surface area contributed by atoms with Crippen molar-refractivity contribution in [3.63, 3.8) is 0 Å². The average Bonchev–Trinajstić information content (AvgIpc) is 2.55. The molecular formula is C16H14N2O2S3. The third-order valence-corrected chi connectivity index (χ3v) is 6.42. The van der Waals surface area contributed by atoms with Crippen LogP contribution in [0.4, 0.5) is 11.4 Å². The molecule has 3 rings (SSSR count). The first-order valence-electron chi connectivity index (χ1n) is 6.92. The summed E-state index contributed by atoms with van der Waals surface area (Å²) >= 11 is 1.30. The van der Waals surface area contributed by atoms with Crippen LogP contribution in [0.15, 0.2) is 58.3 Å². The van der Waals surface area contributed by atoms with Crippen LogP contribution in [0.3, 0.4) is 0 Å². The van der Waals surface area contributed by atoms with Crippen LogP contribution in [0, 0.1) is 0 Å². The molecule has 0 saturated heterocycles. The second-order valence-electron chi connectivity index (χ2n) is 4.75. The fraction of sp³-hybridized carbons (Fsp3) is 0.125. The summed E-state index contributed by atoms with van der Waals surface area (Å²) in [5.74, 6) is 0.304. The maximum Gasteiger partial charge on any atom is 0.234 e. The lowest BCUT2D eigenvalue weighted by molar-refractivity contribution is -0.114. The summed E-state index contributed by atoms with van der Waals surface area (Å²) in [6.45, 7) is 0. The van der Waals surface area contributed by atoms with E-state index in [4.69, 9.17) is 0 Å². The van der Waals surface area contributed by atoms with Crippen molar-refractivity contribution in [1.29, 1.82) is 0 Å². The third-order valence-electron chi connectivity index (χ3n) is 3.01. The molecule has 118 valence electrons. The molecule has 1 aliphatic rings. The number of nitrogens with one attached hydrogen (secondary N) is 2. The molecule has 0 atom stereocenters. The number of benzene rings is 2. The van der Waals surface area contributed by atoms with Crippen LogP contribution < -0.4 is 10.6 Å². The van der Waals surface area contributed by atoms with Gasteiger partial charge in [0, 0.05) is 9.79 Å². The van der Waals surface area contributed by atoms with Gasteiger partial charge >= 0.3 is 0 Å². The highest BCUT2D eigenvalue weighted by Crippen LogP contribution is 2.43. The molecule has 2 N–H and O–H groups in total. The molecule has 2 aromatic carbocycles. The minimum atomic E-state index is -0.0994. The molecule has 0 bridgehead atoms. The molecule has 0 fully saturated rings. The van der Waals surface area contributed by atoms with Gasteiger partial charge in [-0.2, -0.15) is 0 Å². The molecule has 1 heterocycles. The number of hydrogen-bond acceptors (Lipinski definition) is 5. The lowest BCUT2D eigenvalue weighted by Crippen LogP contribution is -2.18. The van der Waals surface area contributed by atoms with Crippen LogP contribution in [0.2, 0.25) is 0 Å². The number of amides is 2. The van der Waals surface area contributed by atoms with Gasteiger partial charge in [0.15, 0.2) is 0 Å². The fourth-order valence-electron chi connectivity index (χ4n) is 1.98. The van der Waals surface area contributed by atoms with Crippen LogP contribution in [0.25, 0.3) is 0 Å². The second kappa shape index (κ2) is 7.81. The van der Waals surface area contributed by atoms with Crippen molar-refractivity contribution >= 4 is 56.5 Å². The predicted octanol–water partition coefficient (Wildman–Crippen LogP) is 4.11. The molecule has 0 spiro atoms. The number of para-hydroxylation sites is 2. The van der Waals surface area contributed by atoms with Crippen LogP contribution in [-0.4, -0.2) is 23.3 Å². The van der Waals surface area contributed by atoms with Gasteiger partial charge in [-0.1, -0.05) is 45.9 Å². The minimum absolute atomic E-state index is 0.0994. The number of carbonyl (C=O) groups is 2. The Morgan fingerprint density at radius 3 is 1.61 bits per heavy atom. The zero-order chi connectivity index (χ0) is 16.1. The molecule has 0 unspecified atom stereocenters. The van der Waals surface area contributed by atoms with Crippen molar-refractivity contribution in [3.8, 4) is 0 Å². The van der Waals surface area contributed by atoms with E-state index in [2.05, 4.69) is 10.6 Å². The number of fused-ring (bicyclic) bond motifs is 2. The lowest BCUT2D eigenvalue weighted by atomic mass is 10.3. The van der Waals surface area contributed by atoms with E-state index in [9.17, 15) is 9.59 Å². The van der Waals surface area contributed by atoms with E-state index >= 15 is 0 Å². The topological polar surface area (TPSA) is 58.2 Å². The number of anilines is 2. The average molecular weight is 363 g/mol. The first-order valence-corrected chi connectivity index (χ1v) is 10.2. The van der Waals surface area contributed by atoms with E-state index in [1.807, 2.05) is 48.5 Å². The Bertz CT molecular complexity index is 675. The normalized spacial score (nSPS) is 15.8. The van der Waals surface area contributed by atoms with Gasteiger partial charge in [-0.15, -0.1) is 11.8 Å². The van der Waals surface area contributed by atoms with Crippen LogP contribution in [-0.2, 0) is 9.59 Å². The lowest BCUT2D eigenvalue weighted by Gasteiger charge is -2.11. The highest BCUT2D eigenvalue weighted by molar-refractivity contribution is 8.76. The van der Waals surface area contributed by atoms with Crippen molar-refractivity contribution in [2.24, 2.45) is 0 Å². The molecule has 0 aliphatic carbocycles. The second-order valence-corrected chi connectivity index (χ2v) is 7.95. The third kappa shape index (κ3) is 4.46. The van der Waals surface area contributed by atoms with Crippen LogP contribution in [0.5, 0.6) is 0 Å². The summed E-state index contributed by atoms with van der Waals surface area (Å²) in [6.07, 6.45) is 0. The minimum Gasteiger partial charge on any atom is -0.324 e. The zero-order valence-corrected chi connectivity index (χ0v) is 14.5. The Morgan fingerprint density at radius 2 is 1.13 bits per heavy atom. The standard InChI is InChI=1S/C16H14N2O2S3/c19-15-9-21-10-16(20)18-12-6-2-4-8-14(12)23-22-13-7-3-1-5-11(13)17-15/h1-8H,9-10H2,(H,17,19)(H,18,20). The number of thioether (sulfide) groups is 1. The van der Waals surface area contributed by atoms with E-state index in [-0.39, 0.29) is 23.3 Å². The summed E-state index contributed by atoms with van der Waals surface area (Å²) in [7, 11) is 3.12. The quantitative estimate of drug-likeness (QED) is 0.691. The molecule has 0 radical (unpaired) electrons. The van der Waals surface area contributed by atoms with E-state index < -0.39 is 0 Å². The summed E-state index contributed by atoms with van der Waals surface area (Å²) < 4.78 is 0. The number of carbonyl (C=O) groups excluding carboxylic acids is 2. The number of rotatable bonds is 0. The summed E-state index contributed by atoms with van der Waals surface area (Å²) in [5, 5.41) is 5.82. The largest absolute Gasteiger partial charge is 0.324 e. The van der Waals surface area contributed by atoms with E-state index in [1.165, 1.54) is 11.8 Å². The van der Waals surface area contributed by atoms with E-state index in [0.717, 1.165) is 21.2 Å². The van der Waals surface area contributed by atoms with Crippen molar-refractivity contribution < 1.29 is 9.59 Å². The van der Waals surface area contributed by atoms with Gasteiger partial charge in [-0.3, -0.25) is 9.59 Å². The maximum absolute atomic E-state index is 12.0. The molecule has 0 aromatic heterocycles. The fourth-order valence-corrected chi connectivity index (χ4v) is 4.88. The number of hydrogen-bond donors (Lipinski definition) is 2. The van der Waals surface area contributed by atoms with Crippen molar-refractivity contribution in [3.05, 3.63) is 48.5 Å². The van der Waals surface area contributed by atoms with Crippen LogP contribution in [0.1, 0.15) is 0 Å². The highest BCUT2D eigenvalue weighted by Gasteiger charge is 2.13. The Balaban J connectivity index is 1.90. The predicted molar refractivity (Wildman–Crippen MR) is 99.2 cm³/mol. The van der Waals surface area contributed by atoms with E-state index in [1.54, 1.807) is 21.6 Å². The Kier molecular flexibility index (Phi) is 5.53. The molecule has 2 amide bonds. The maximum atomic E-state index is 12.0. The van der Waals surface area contributed by atoms with E-state index in [0.29, 0.717) is 0 Å². The smallest absolute Gasteiger partial charge is 0.234 e. The monoisotopic (exact) mass is 362 g/mol. The van der Waals surface area contributed by atoms with Gasteiger partial charge in [-0.05, 0) is 24.3 Å².